The summed E-state index contributed by atoms with van der Waals surface area (Å²) in [5.41, 5.74) is 1.89. The van der Waals surface area contributed by atoms with Gasteiger partial charge in [-0.3, -0.25) is 4.79 Å². The molecular formula is C23H25N3O3. The van der Waals surface area contributed by atoms with Crippen LogP contribution in [-0.4, -0.2) is 27.6 Å². The number of amides is 1. The molecule has 0 saturated carbocycles. The second-order valence-corrected chi connectivity index (χ2v) is 6.67. The summed E-state index contributed by atoms with van der Waals surface area (Å²) in [7, 11) is 0. The number of nitrogens with zero attached hydrogens (tertiary/aromatic N) is 2. The topological polar surface area (TPSA) is 84.3 Å². The Labute approximate surface area is 170 Å². The van der Waals surface area contributed by atoms with Crippen LogP contribution in [0.3, 0.4) is 0 Å². The molecule has 0 unspecified atom stereocenters. The molecule has 2 N–H and O–H groups in total. The normalized spacial score (nSPS) is 10.8. The fourth-order valence-electron chi connectivity index (χ4n) is 2.97. The molecule has 0 aliphatic heterocycles. The minimum Gasteiger partial charge on any atom is -0.492 e. The van der Waals surface area contributed by atoms with E-state index in [1.165, 1.54) is 6.20 Å². The van der Waals surface area contributed by atoms with Crippen molar-refractivity contribution in [2.75, 3.05) is 11.9 Å². The third-order valence-corrected chi connectivity index (χ3v) is 4.48. The SMILES string of the molecule is CCCCOCc1ncc(NC(=O)C(c2ccccc2)c2ccccc2)c(O)n1. The van der Waals surface area contributed by atoms with Gasteiger partial charge in [0.2, 0.25) is 11.8 Å². The summed E-state index contributed by atoms with van der Waals surface area (Å²) in [6.45, 7) is 2.93. The first-order valence-electron chi connectivity index (χ1n) is 9.72. The summed E-state index contributed by atoms with van der Waals surface area (Å²) < 4.78 is 5.47. The summed E-state index contributed by atoms with van der Waals surface area (Å²) in [5, 5.41) is 13.0. The maximum atomic E-state index is 13.1. The zero-order valence-corrected chi connectivity index (χ0v) is 16.4. The molecule has 6 heteroatoms. The van der Waals surface area contributed by atoms with Crippen molar-refractivity contribution in [3.05, 3.63) is 83.8 Å². The molecule has 0 saturated heterocycles. The van der Waals surface area contributed by atoms with E-state index < -0.39 is 5.92 Å². The van der Waals surface area contributed by atoms with Gasteiger partial charge in [0.25, 0.3) is 0 Å². The molecule has 0 aliphatic rings. The molecule has 29 heavy (non-hydrogen) atoms. The first-order valence-corrected chi connectivity index (χ1v) is 9.72. The average molecular weight is 391 g/mol. The van der Waals surface area contributed by atoms with Crippen LogP contribution in [0.5, 0.6) is 5.88 Å². The summed E-state index contributed by atoms with van der Waals surface area (Å²) in [6, 6.07) is 19.0. The van der Waals surface area contributed by atoms with Crippen molar-refractivity contribution in [1.82, 2.24) is 9.97 Å². The van der Waals surface area contributed by atoms with Crippen LogP contribution in [0.15, 0.2) is 66.9 Å². The van der Waals surface area contributed by atoms with Gasteiger partial charge in [-0.1, -0.05) is 74.0 Å². The number of aromatic nitrogens is 2. The van der Waals surface area contributed by atoms with Crippen molar-refractivity contribution in [3.8, 4) is 5.88 Å². The Kier molecular flexibility index (Phi) is 7.30. The molecule has 0 atom stereocenters. The predicted octanol–water partition coefficient (Wildman–Crippen LogP) is 4.27. The van der Waals surface area contributed by atoms with Crippen molar-refractivity contribution in [1.29, 1.82) is 0 Å². The zero-order chi connectivity index (χ0) is 20.5. The molecule has 2 aromatic carbocycles. The van der Waals surface area contributed by atoms with E-state index in [0.717, 1.165) is 24.0 Å². The molecule has 0 fully saturated rings. The van der Waals surface area contributed by atoms with E-state index in [4.69, 9.17) is 4.74 Å². The highest BCUT2D eigenvalue weighted by molar-refractivity contribution is 5.98. The van der Waals surface area contributed by atoms with Gasteiger partial charge in [0.1, 0.15) is 12.3 Å². The molecule has 1 aromatic heterocycles. The van der Waals surface area contributed by atoms with Crippen molar-refractivity contribution in [2.24, 2.45) is 0 Å². The van der Waals surface area contributed by atoms with Gasteiger partial charge < -0.3 is 15.2 Å². The van der Waals surface area contributed by atoms with E-state index in [2.05, 4.69) is 22.2 Å². The molecule has 3 rings (SSSR count). The zero-order valence-electron chi connectivity index (χ0n) is 16.4. The molecule has 3 aromatic rings. The fraction of sp³-hybridized carbons (Fsp3) is 0.261. The Balaban J connectivity index is 1.76. The standard InChI is InChI=1S/C23H25N3O3/c1-2-3-14-29-16-20-24-15-19(22(27)26-20)25-23(28)21(17-10-6-4-7-11-17)18-12-8-5-9-13-18/h4-13,15,21H,2-3,14,16H2,1H3,(H,25,28)(H,24,26,27). The Morgan fingerprint density at radius 2 is 1.69 bits per heavy atom. The maximum absolute atomic E-state index is 13.1. The first-order chi connectivity index (χ1) is 14.2. The predicted molar refractivity (Wildman–Crippen MR) is 112 cm³/mol. The number of nitrogens with one attached hydrogen (secondary N) is 1. The van der Waals surface area contributed by atoms with Crippen LogP contribution in [-0.2, 0) is 16.1 Å². The van der Waals surface area contributed by atoms with Crippen molar-refractivity contribution in [3.63, 3.8) is 0 Å². The fourth-order valence-corrected chi connectivity index (χ4v) is 2.97. The highest BCUT2D eigenvalue weighted by Crippen LogP contribution is 2.28. The van der Waals surface area contributed by atoms with Gasteiger partial charge in [-0.2, -0.15) is 4.98 Å². The van der Waals surface area contributed by atoms with Gasteiger partial charge in [0.05, 0.1) is 12.1 Å². The Morgan fingerprint density at radius 3 is 2.24 bits per heavy atom. The van der Waals surface area contributed by atoms with Crippen LogP contribution in [0.1, 0.15) is 42.6 Å². The first kappa shape index (κ1) is 20.5. The summed E-state index contributed by atoms with van der Waals surface area (Å²) in [4.78, 5) is 21.3. The number of carbonyl (C=O) groups excluding carboxylic acids is 1. The Morgan fingerprint density at radius 1 is 1.07 bits per heavy atom. The lowest BCUT2D eigenvalue weighted by molar-refractivity contribution is -0.116. The lowest BCUT2D eigenvalue weighted by Crippen LogP contribution is -2.22. The average Bonchev–Trinajstić information content (AvgIpc) is 2.75. The summed E-state index contributed by atoms with van der Waals surface area (Å²) in [6.07, 6.45) is 3.41. The molecule has 6 nitrogen and oxygen atoms in total. The molecule has 1 heterocycles. The number of unbranched alkanes of at least 4 members (excludes halogenated alkanes) is 1. The van der Waals surface area contributed by atoms with Crippen LogP contribution >= 0.6 is 0 Å². The molecule has 150 valence electrons. The van der Waals surface area contributed by atoms with Crippen LogP contribution in [0.2, 0.25) is 0 Å². The van der Waals surface area contributed by atoms with Crippen LogP contribution in [0.25, 0.3) is 0 Å². The Hall–Kier alpha value is -3.25. The molecule has 0 bridgehead atoms. The van der Waals surface area contributed by atoms with E-state index in [1.807, 2.05) is 60.7 Å². The number of anilines is 1. The second kappa shape index (κ2) is 10.3. The minimum atomic E-state index is -0.520. The molecule has 0 spiro atoms. The minimum absolute atomic E-state index is 0.171. The number of carbonyl (C=O) groups is 1. The molecule has 0 aliphatic carbocycles. The smallest absolute Gasteiger partial charge is 0.238 e. The van der Waals surface area contributed by atoms with Gasteiger partial charge >= 0.3 is 0 Å². The van der Waals surface area contributed by atoms with Gasteiger partial charge in [-0.05, 0) is 17.5 Å². The number of ether oxygens (including phenoxy) is 1. The molecule has 0 radical (unpaired) electrons. The number of benzene rings is 2. The highest BCUT2D eigenvalue weighted by Gasteiger charge is 2.23. The van der Waals surface area contributed by atoms with Gasteiger partial charge in [-0.25, -0.2) is 4.98 Å². The van der Waals surface area contributed by atoms with Crippen LogP contribution in [0, 0.1) is 0 Å². The number of hydrogen-bond acceptors (Lipinski definition) is 5. The lowest BCUT2D eigenvalue weighted by atomic mass is 9.90. The quantitative estimate of drug-likeness (QED) is 0.532. The van der Waals surface area contributed by atoms with Gasteiger partial charge in [0.15, 0.2) is 5.82 Å². The third kappa shape index (κ3) is 5.62. The second-order valence-electron chi connectivity index (χ2n) is 6.67. The van der Waals surface area contributed by atoms with Crippen LogP contribution < -0.4 is 5.32 Å². The Bertz CT molecular complexity index is 878. The van der Waals surface area contributed by atoms with Crippen molar-refractivity contribution < 1.29 is 14.6 Å². The van der Waals surface area contributed by atoms with Gasteiger partial charge in [0, 0.05) is 6.61 Å². The highest BCUT2D eigenvalue weighted by atomic mass is 16.5. The monoisotopic (exact) mass is 391 g/mol. The molecule has 1 amide bonds. The largest absolute Gasteiger partial charge is 0.492 e. The maximum Gasteiger partial charge on any atom is 0.238 e. The van der Waals surface area contributed by atoms with E-state index in [0.29, 0.717) is 12.4 Å². The van der Waals surface area contributed by atoms with Crippen molar-refractivity contribution >= 4 is 11.6 Å². The summed E-state index contributed by atoms with van der Waals surface area (Å²) >= 11 is 0. The molecular weight excluding hydrogens is 366 g/mol. The third-order valence-electron chi connectivity index (χ3n) is 4.48. The number of hydrogen-bond donors (Lipinski definition) is 2. The summed E-state index contributed by atoms with van der Waals surface area (Å²) in [5.74, 6) is -0.691. The number of aromatic hydroxyl groups is 1. The van der Waals surface area contributed by atoms with Gasteiger partial charge in [-0.15, -0.1) is 0 Å². The van der Waals surface area contributed by atoms with E-state index in [9.17, 15) is 9.90 Å². The van der Waals surface area contributed by atoms with Crippen LogP contribution in [0.4, 0.5) is 5.69 Å². The van der Waals surface area contributed by atoms with E-state index >= 15 is 0 Å². The number of rotatable bonds is 9. The van der Waals surface area contributed by atoms with E-state index in [-0.39, 0.29) is 24.1 Å². The van der Waals surface area contributed by atoms with E-state index in [1.54, 1.807) is 0 Å². The van der Waals surface area contributed by atoms with Crippen molar-refractivity contribution in [2.45, 2.75) is 32.3 Å². The lowest BCUT2D eigenvalue weighted by Gasteiger charge is -2.18.